The summed E-state index contributed by atoms with van der Waals surface area (Å²) >= 11 is 5.63. The summed E-state index contributed by atoms with van der Waals surface area (Å²) < 4.78 is 13.5. The van der Waals surface area contributed by atoms with Gasteiger partial charge in [0.05, 0.1) is 11.1 Å². The number of aliphatic hydroxyl groups is 1. The molecule has 8 heteroatoms. The number of halogens is 2. The molecular formula is C20H18ClFN4O2. The van der Waals surface area contributed by atoms with Crippen LogP contribution in [-0.2, 0) is 6.54 Å². The van der Waals surface area contributed by atoms with Gasteiger partial charge in [0, 0.05) is 24.8 Å². The number of carbonyl (C=O) groups is 1. The Morgan fingerprint density at radius 1 is 1.21 bits per heavy atom. The number of nitrogens with one attached hydrogen (secondary N) is 2. The molecule has 0 saturated heterocycles. The maximum absolute atomic E-state index is 13.5. The van der Waals surface area contributed by atoms with E-state index in [1.807, 2.05) is 6.07 Å². The summed E-state index contributed by atoms with van der Waals surface area (Å²) in [6.45, 7) is 0.439. The van der Waals surface area contributed by atoms with Crippen molar-refractivity contribution in [1.82, 2.24) is 15.3 Å². The first-order valence-corrected chi connectivity index (χ1v) is 8.91. The monoisotopic (exact) mass is 400 g/mol. The molecule has 1 atom stereocenters. The van der Waals surface area contributed by atoms with Crippen molar-refractivity contribution >= 4 is 23.3 Å². The predicted molar refractivity (Wildman–Crippen MR) is 105 cm³/mol. The Bertz CT molecular complexity index is 956. The maximum Gasteiger partial charge on any atom is 0.251 e. The van der Waals surface area contributed by atoms with E-state index in [0.29, 0.717) is 23.5 Å². The van der Waals surface area contributed by atoms with Crippen LogP contribution in [0.3, 0.4) is 0 Å². The lowest BCUT2D eigenvalue weighted by Crippen LogP contribution is -2.28. The Hall–Kier alpha value is -3.03. The Kier molecular flexibility index (Phi) is 6.52. The Balaban J connectivity index is 1.57. The lowest BCUT2D eigenvalue weighted by molar-refractivity contribution is 0.0916. The van der Waals surface area contributed by atoms with E-state index in [1.54, 1.807) is 30.5 Å². The first kappa shape index (κ1) is 19.7. The molecule has 0 aliphatic carbocycles. The molecule has 3 aromatic rings. The predicted octanol–water partition coefficient (Wildman–Crippen LogP) is 3.34. The third-order valence-corrected chi connectivity index (χ3v) is 4.34. The summed E-state index contributed by atoms with van der Waals surface area (Å²) in [6.07, 6.45) is 2.04. The van der Waals surface area contributed by atoms with Crippen LogP contribution in [0.25, 0.3) is 0 Å². The minimum absolute atomic E-state index is 0.0209. The lowest BCUT2D eigenvalue weighted by Gasteiger charge is -2.13. The molecule has 0 aliphatic heterocycles. The van der Waals surface area contributed by atoms with Gasteiger partial charge in [-0.25, -0.2) is 14.4 Å². The normalized spacial score (nSPS) is 11.7. The van der Waals surface area contributed by atoms with Crippen molar-refractivity contribution in [3.63, 3.8) is 0 Å². The topological polar surface area (TPSA) is 87.1 Å². The number of rotatable bonds is 7. The summed E-state index contributed by atoms with van der Waals surface area (Å²) in [5, 5.41) is 15.9. The Morgan fingerprint density at radius 2 is 2.07 bits per heavy atom. The van der Waals surface area contributed by atoms with Gasteiger partial charge in [0.1, 0.15) is 18.0 Å². The van der Waals surface area contributed by atoms with Crippen molar-refractivity contribution in [2.45, 2.75) is 12.6 Å². The van der Waals surface area contributed by atoms with Gasteiger partial charge in [-0.1, -0.05) is 29.8 Å². The first-order chi connectivity index (χ1) is 13.5. The molecule has 0 bridgehead atoms. The maximum atomic E-state index is 13.5. The third kappa shape index (κ3) is 5.25. The molecule has 1 amide bonds. The van der Waals surface area contributed by atoms with Gasteiger partial charge in [-0.05, 0) is 41.5 Å². The van der Waals surface area contributed by atoms with Gasteiger partial charge in [-0.2, -0.15) is 0 Å². The quantitative estimate of drug-likeness (QED) is 0.566. The van der Waals surface area contributed by atoms with Crippen LogP contribution in [0.1, 0.15) is 27.6 Å². The number of amides is 1. The number of benzene rings is 2. The van der Waals surface area contributed by atoms with Crippen molar-refractivity contribution in [2.75, 3.05) is 11.9 Å². The highest BCUT2D eigenvalue weighted by Gasteiger charge is 2.13. The van der Waals surface area contributed by atoms with E-state index in [9.17, 15) is 14.3 Å². The van der Waals surface area contributed by atoms with Gasteiger partial charge in [0.25, 0.3) is 5.91 Å². The molecule has 0 fully saturated rings. The van der Waals surface area contributed by atoms with E-state index >= 15 is 0 Å². The molecular weight excluding hydrogens is 383 g/mol. The van der Waals surface area contributed by atoms with E-state index in [0.717, 1.165) is 11.6 Å². The van der Waals surface area contributed by atoms with E-state index in [1.165, 1.54) is 18.5 Å². The van der Waals surface area contributed by atoms with E-state index in [2.05, 4.69) is 20.6 Å². The summed E-state index contributed by atoms with van der Waals surface area (Å²) in [5.41, 5.74) is 1.69. The Morgan fingerprint density at radius 3 is 2.82 bits per heavy atom. The molecule has 144 valence electrons. The SMILES string of the molecule is O=C(NCC(O)c1ccc(Cl)c(F)c1)c1cccc(CNc2ccncn2)c1. The molecule has 0 radical (unpaired) electrons. The fourth-order valence-corrected chi connectivity index (χ4v) is 2.66. The second-order valence-electron chi connectivity index (χ2n) is 6.05. The van der Waals surface area contributed by atoms with E-state index in [-0.39, 0.29) is 17.5 Å². The molecule has 0 spiro atoms. The number of carbonyl (C=O) groups excluding carboxylic acids is 1. The summed E-state index contributed by atoms with van der Waals surface area (Å²) in [5.74, 6) is -0.269. The van der Waals surface area contributed by atoms with Crippen LogP contribution in [0.15, 0.2) is 61.1 Å². The number of anilines is 1. The fraction of sp³-hybridized carbons (Fsp3) is 0.150. The zero-order chi connectivity index (χ0) is 19.9. The van der Waals surface area contributed by atoms with Crippen LogP contribution in [-0.4, -0.2) is 27.5 Å². The molecule has 28 heavy (non-hydrogen) atoms. The highest BCUT2D eigenvalue weighted by Crippen LogP contribution is 2.20. The van der Waals surface area contributed by atoms with Crippen molar-refractivity contribution in [3.05, 3.63) is 88.6 Å². The van der Waals surface area contributed by atoms with Gasteiger partial charge >= 0.3 is 0 Å². The van der Waals surface area contributed by atoms with Crippen LogP contribution < -0.4 is 10.6 Å². The minimum Gasteiger partial charge on any atom is -0.387 e. The van der Waals surface area contributed by atoms with E-state index < -0.39 is 11.9 Å². The molecule has 0 saturated carbocycles. The van der Waals surface area contributed by atoms with Gasteiger partial charge in [-0.15, -0.1) is 0 Å². The highest BCUT2D eigenvalue weighted by molar-refractivity contribution is 6.30. The van der Waals surface area contributed by atoms with Crippen LogP contribution in [0.4, 0.5) is 10.2 Å². The molecule has 3 N–H and O–H groups in total. The molecule has 6 nitrogen and oxygen atoms in total. The van der Waals surface area contributed by atoms with Gasteiger partial charge in [0.15, 0.2) is 0 Å². The van der Waals surface area contributed by atoms with Gasteiger partial charge in [0.2, 0.25) is 0 Å². The van der Waals surface area contributed by atoms with Crippen LogP contribution >= 0.6 is 11.6 Å². The van der Waals surface area contributed by atoms with Crippen LogP contribution in [0, 0.1) is 5.82 Å². The largest absolute Gasteiger partial charge is 0.387 e. The standard InChI is InChI=1S/C20H18ClFN4O2/c21-16-5-4-14(9-17(16)22)18(27)11-25-20(28)15-3-1-2-13(8-15)10-24-19-6-7-23-12-26-19/h1-9,12,18,27H,10-11H2,(H,25,28)(H,23,24,26). The van der Waals surface area contributed by atoms with E-state index in [4.69, 9.17) is 11.6 Å². The average molecular weight is 401 g/mol. The molecule has 3 rings (SSSR count). The summed E-state index contributed by atoms with van der Waals surface area (Å²) in [6, 6.07) is 12.9. The Labute approximate surface area is 166 Å². The zero-order valence-corrected chi connectivity index (χ0v) is 15.5. The lowest BCUT2D eigenvalue weighted by atomic mass is 10.1. The molecule has 1 aromatic heterocycles. The fourth-order valence-electron chi connectivity index (χ4n) is 2.54. The molecule has 1 unspecified atom stereocenters. The second-order valence-corrected chi connectivity index (χ2v) is 6.46. The van der Waals surface area contributed by atoms with Crippen molar-refractivity contribution < 1.29 is 14.3 Å². The molecule has 0 aliphatic rings. The van der Waals surface area contributed by atoms with Crippen molar-refractivity contribution in [3.8, 4) is 0 Å². The summed E-state index contributed by atoms with van der Waals surface area (Å²) in [7, 11) is 0. The van der Waals surface area contributed by atoms with Crippen molar-refractivity contribution in [1.29, 1.82) is 0 Å². The number of aliphatic hydroxyl groups excluding tert-OH is 1. The van der Waals surface area contributed by atoms with Crippen molar-refractivity contribution in [2.24, 2.45) is 0 Å². The summed E-state index contributed by atoms with van der Waals surface area (Å²) in [4.78, 5) is 20.3. The molecule has 2 aromatic carbocycles. The van der Waals surface area contributed by atoms with Gasteiger partial charge < -0.3 is 15.7 Å². The zero-order valence-electron chi connectivity index (χ0n) is 14.8. The smallest absolute Gasteiger partial charge is 0.251 e. The first-order valence-electron chi connectivity index (χ1n) is 8.53. The number of nitrogens with zero attached hydrogens (tertiary/aromatic N) is 2. The van der Waals surface area contributed by atoms with Crippen LogP contribution in [0.5, 0.6) is 0 Å². The highest BCUT2D eigenvalue weighted by atomic mass is 35.5. The van der Waals surface area contributed by atoms with Gasteiger partial charge in [-0.3, -0.25) is 4.79 Å². The third-order valence-electron chi connectivity index (χ3n) is 4.03. The van der Waals surface area contributed by atoms with Crippen LogP contribution in [0.2, 0.25) is 5.02 Å². The molecule has 1 heterocycles. The number of hydrogen-bond acceptors (Lipinski definition) is 5. The number of hydrogen-bond donors (Lipinski definition) is 3. The minimum atomic E-state index is -1.04. The number of aromatic nitrogens is 2. The average Bonchev–Trinajstić information content (AvgIpc) is 2.73. The second kappa shape index (κ2) is 9.25.